The molecule has 1 fully saturated rings. The number of nitro groups is 1. The number of nitrogens with zero attached hydrogens (tertiary/aromatic N) is 2. The highest BCUT2D eigenvalue weighted by Crippen LogP contribution is 2.27. The van der Waals surface area contributed by atoms with Crippen LogP contribution in [-0.2, 0) is 0 Å². The zero-order valence-corrected chi connectivity index (χ0v) is 14.7. The number of likely N-dealkylation sites (tertiary alicyclic amines) is 1. The van der Waals surface area contributed by atoms with Gasteiger partial charge in [0.1, 0.15) is 5.56 Å². The van der Waals surface area contributed by atoms with E-state index in [4.69, 9.17) is 10.8 Å². The molecule has 0 spiro atoms. The maximum absolute atomic E-state index is 10.9. The van der Waals surface area contributed by atoms with Gasteiger partial charge in [-0.05, 0) is 36.5 Å². The summed E-state index contributed by atoms with van der Waals surface area (Å²) in [5, 5.41) is 19.7. The van der Waals surface area contributed by atoms with Gasteiger partial charge < -0.3 is 15.7 Å². The molecule has 2 aromatic carbocycles. The lowest BCUT2D eigenvalue weighted by Crippen LogP contribution is -2.39. The van der Waals surface area contributed by atoms with Crippen LogP contribution in [0.25, 0.3) is 11.1 Å². The van der Waals surface area contributed by atoms with E-state index in [0.29, 0.717) is 5.56 Å². The Morgan fingerprint density at radius 2 is 1.63 bits per heavy atom. The summed E-state index contributed by atoms with van der Waals surface area (Å²) < 4.78 is 0. The number of carbonyl (C=O) groups is 2. The van der Waals surface area contributed by atoms with Crippen molar-refractivity contribution >= 4 is 17.7 Å². The summed E-state index contributed by atoms with van der Waals surface area (Å²) in [6.07, 6.45) is 3.47. The third kappa shape index (κ3) is 5.53. The number of primary amides is 1. The second kappa shape index (κ2) is 9.33. The lowest BCUT2D eigenvalue weighted by molar-refractivity contribution is -0.385. The van der Waals surface area contributed by atoms with E-state index in [1.165, 1.54) is 18.6 Å². The lowest BCUT2D eigenvalue weighted by atomic mass is 10.0. The molecule has 0 atom stereocenters. The molecule has 8 nitrogen and oxygen atoms in total. The Hall–Kier alpha value is -3.42. The van der Waals surface area contributed by atoms with E-state index >= 15 is 0 Å². The molecule has 0 unspecified atom stereocenters. The summed E-state index contributed by atoms with van der Waals surface area (Å²) in [4.78, 5) is 33.2. The standard InChI is InChI=1S/C13H9NO4.C6H12N2O/c15-13(16)11-7-6-10(8-12(11)14(17)18)9-4-2-1-3-5-9;7-6(9)8-4-2-1-3-5-8/h1-8H,(H,15,16);1-5H2,(H2,7,9). The largest absolute Gasteiger partial charge is 0.477 e. The predicted molar refractivity (Wildman–Crippen MR) is 100 cm³/mol. The molecule has 1 heterocycles. The number of nitrogens with two attached hydrogens (primary N) is 1. The Labute approximate surface area is 156 Å². The third-order valence-electron chi connectivity index (χ3n) is 4.20. The molecule has 27 heavy (non-hydrogen) atoms. The minimum Gasteiger partial charge on any atom is -0.477 e. The topological polar surface area (TPSA) is 127 Å². The Morgan fingerprint density at radius 3 is 2.11 bits per heavy atom. The molecule has 0 aromatic heterocycles. The number of hydrogen-bond donors (Lipinski definition) is 2. The first-order chi connectivity index (χ1) is 12.9. The fourth-order valence-corrected chi connectivity index (χ4v) is 2.79. The monoisotopic (exact) mass is 371 g/mol. The molecule has 0 saturated carbocycles. The summed E-state index contributed by atoms with van der Waals surface area (Å²) >= 11 is 0. The van der Waals surface area contributed by atoms with E-state index in [0.717, 1.165) is 31.5 Å². The number of carboxylic acid groups (broad SMARTS) is 1. The Bertz CT molecular complexity index is 817. The summed E-state index contributed by atoms with van der Waals surface area (Å²) in [6, 6.07) is 12.9. The van der Waals surface area contributed by atoms with Gasteiger partial charge >= 0.3 is 12.0 Å². The molecule has 1 aliphatic rings. The van der Waals surface area contributed by atoms with Gasteiger partial charge in [-0.3, -0.25) is 10.1 Å². The second-order valence-corrected chi connectivity index (χ2v) is 6.05. The average Bonchev–Trinajstić information content (AvgIpc) is 2.69. The maximum Gasteiger partial charge on any atom is 0.342 e. The van der Waals surface area contributed by atoms with Gasteiger partial charge in [0, 0.05) is 19.2 Å². The number of rotatable bonds is 3. The zero-order chi connectivity index (χ0) is 19.8. The van der Waals surface area contributed by atoms with Crippen molar-refractivity contribution in [3.8, 4) is 11.1 Å². The van der Waals surface area contributed by atoms with Crippen molar-refractivity contribution < 1.29 is 19.6 Å². The van der Waals surface area contributed by atoms with E-state index in [9.17, 15) is 19.7 Å². The molecular weight excluding hydrogens is 350 g/mol. The minimum atomic E-state index is -1.30. The molecule has 0 bridgehead atoms. The van der Waals surface area contributed by atoms with Crippen LogP contribution in [0.4, 0.5) is 10.5 Å². The van der Waals surface area contributed by atoms with Crippen LogP contribution >= 0.6 is 0 Å². The van der Waals surface area contributed by atoms with Crippen LogP contribution in [0.2, 0.25) is 0 Å². The van der Waals surface area contributed by atoms with Crippen molar-refractivity contribution in [3.05, 3.63) is 64.2 Å². The highest BCUT2D eigenvalue weighted by Gasteiger charge is 2.20. The van der Waals surface area contributed by atoms with Gasteiger partial charge in [0.15, 0.2) is 0 Å². The quantitative estimate of drug-likeness (QED) is 0.630. The molecule has 2 aromatic rings. The molecule has 0 radical (unpaired) electrons. The van der Waals surface area contributed by atoms with Crippen LogP contribution in [0.1, 0.15) is 29.6 Å². The first kappa shape index (κ1) is 19.9. The van der Waals surface area contributed by atoms with Crippen molar-refractivity contribution in [1.29, 1.82) is 0 Å². The van der Waals surface area contributed by atoms with E-state index in [2.05, 4.69) is 0 Å². The van der Waals surface area contributed by atoms with Gasteiger partial charge in [-0.2, -0.15) is 0 Å². The number of hydrogen-bond acceptors (Lipinski definition) is 4. The van der Waals surface area contributed by atoms with Gasteiger partial charge in [-0.15, -0.1) is 0 Å². The van der Waals surface area contributed by atoms with E-state index in [-0.39, 0.29) is 11.6 Å². The van der Waals surface area contributed by atoms with Crippen LogP contribution in [0, 0.1) is 10.1 Å². The highest BCUT2D eigenvalue weighted by atomic mass is 16.6. The van der Waals surface area contributed by atoms with Gasteiger partial charge in [-0.1, -0.05) is 36.4 Å². The number of carbonyl (C=O) groups excluding carboxylic acids is 1. The molecule has 8 heteroatoms. The van der Waals surface area contributed by atoms with Crippen LogP contribution in [0.15, 0.2) is 48.5 Å². The number of piperidine rings is 1. The fraction of sp³-hybridized carbons (Fsp3) is 0.263. The van der Waals surface area contributed by atoms with Crippen molar-refractivity contribution in [2.75, 3.05) is 13.1 Å². The van der Waals surface area contributed by atoms with Gasteiger partial charge in [0.05, 0.1) is 4.92 Å². The molecule has 0 aliphatic carbocycles. The van der Waals surface area contributed by atoms with Crippen LogP contribution in [0.5, 0.6) is 0 Å². The Morgan fingerprint density at radius 1 is 1.00 bits per heavy atom. The van der Waals surface area contributed by atoms with Crippen molar-refractivity contribution in [2.24, 2.45) is 5.73 Å². The van der Waals surface area contributed by atoms with E-state index in [1.54, 1.807) is 23.1 Å². The van der Waals surface area contributed by atoms with Crippen LogP contribution in [-0.4, -0.2) is 40.0 Å². The number of aromatic carboxylic acids is 1. The molecular formula is C19H21N3O5. The van der Waals surface area contributed by atoms with Crippen LogP contribution < -0.4 is 5.73 Å². The first-order valence-electron chi connectivity index (χ1n) is 8.51. The molecule has 2 amide bonds. The van der Waals surface area contributed by atoms with Crippen molar-refractivity contribution in [3.63, 3.8) is 0 Å². The smallest absolute Gasteiger partial charge is 0.342 e. The molecule has 142 valence electrons. The van der Waals surface area contributed by atoms with E-state index in [1.807, 2.05) is 18.2 Å². The second-order valence-electron chi connectivity index (χ2n) is 6.05. The summed E-state index contributed by atoms with van der Waals surface area (Å²) in [5.41, 5.74) is 5.77. The van der Waals surface area contributed by atoms with Crippen molar-refractivity contribution in [2.45, 2.75) is 19.3 Å². The zero-order valence-electron chi connectivity index (χ0n) is 14.7. The molecule has 3 rings (SSSR count). The van der Waals surface area contributed by atoms with Gasteiger partial charge in [-0.25, -0.2) is 9.59 Å². The predicted octanol–water partition coefficient (Wildman–Crippen LogP) is 3.51. The number of urea groups is 1. The Balaban J connectivity index is 0.000000244. The normalized spacial score (nSPS) is 13.3. The first-order valence-corrected chi connectivity index (χ1v) is 8.51. The number of amides is 2. The Kier molecular flexibility index (Phi) is 6.87. The highest BCUT2D eigenvalue weighted by molar-refractivity contribution is 5.93. The van der Waals surface area contributed by atoms with Gasteiger partial charge in [0.25, 0.3) is 5.69 Å². The summed E-state index contributed by atoms with van der Waals surface area (Å²) in [6.45, 7) is 1.71. The lowest BCUT2D eigenvalue weighted by Gasteiger charge is -2.24. The third-order valence-corrected chi connectivity index (χ3v) is 4.20. The van der Waals surface area contributed by atoms with Crippen molar-refractivity contribution in [1.82, 2.24) is 4.90 Å². The molecule has 1 aliphatic heterocycles. The number of benzene rings is 2. The summed E-state index contributed by atoms with van der Waals surface area (Å²) in [5.74, 6) is -1.30. The minimum absolute atomic E-state index is 0.269. The SMILES string of the molecule is NC(=O)N1CCCCC1.O=C(O)c1ccc(-c2ccccc2)cc1[N+](=O)[O-]. The van der Waals surface area contributed by atoms with Gasteiger partial charge in [0.2, 0.25) is 0 Å². The average molecular weight is 371 g/mol. The summed E-state index contributed by atoms with van der Waals surface area (Å²) in [7, 11) is 0. The maximum atomic E-state index is 10.9. The number of carboxylic acids is 1. The number of nitro benzene ring substituents is 1. The molecule has 1 saturated heterocycles. The fourth-order valence-electron chi connectivity index (χ4n) is 2.79. The molecule has 3 N–H and O–H groups in total. The van der Waals surface area contributed by atoms with E-state index < -0.39 is 16.6 Å². The van der Waals surface area contributed by atoms with Crippen LogP contribution in [0.3, 0.4) is 0 Å².